The van der Waals surface area contributed by atoms with Gasteiger partial charge in [0.05, 0.1) is 11.1 Å². The molecular formula is C19H25N3O3. The van der Waals surface area contributed by atoms with E-state index in [2.05, 4.69) is 0 Å². The third-order valence-electron chi connectivity index (χ3n) is 5.27. The number of fused-ring (bicyclic) bond motifs is 1. The van der Waals surface area contributed by atoms with E-state index in [4.69, 9.17) is 5.73 Å². The predicted molar refractivity (Wildman–Crippen MR) is 94.4 cm³/mol. The molecule has 1 aromatic carbocycles. The van der Waals surface area contributed by atoms with Crippen LogP contribution in [0.1, 0.15) is 71.6 Å². The van der Waals surface area contributed by atoms with Crippen LogP contribution in [0.5, 0.6) is 0 Å². The molecule has 1 aromatic rings. The lowest BCUT2D eigenvalue weighted by atomic mass is 9.76. The van der Waals surface area contributed by atoms with Crippen molar-refractivity contribution >= 4 is 17.7 Å². The molecule has 25 heavy (non-hydrogen) atoms. The fourth-order valence-corrected chi connectivity index (χ4v) is 4.53. The molecule has 0 saturated carbocycles. The second kappa shape index (κ2) is 5.39. The molecule has 2 N–H and O–H groups in total. The van der Waals surface area contributed by atoms with Crippen LogP contribution >= 0.6 is 0 Å². The third kappa shape index (κ3) is 2.65. The Morgan fingerprint density at radius 3 is 2.12 bits per heavy atom. The summed E-state index contributed by atoms with van der Waals surface area (Å²) in [7, 11) is 1.45. The van der Waals surface area contributed by atoms with Crippen LogP contribution in [0.4, 0.5) is 0 Å². The Morgan fingerprint density at radius 1 is 1.04 bits per heavy atom. The van der Waals surface area contributed by atoms with Gasteiger partial charge in [0.2, 0.25) is 0 Å². The van der Waals surface area contributed by atoms with Crippen molar-refractivity contribution in [2.75, 3.05) is 7.05 Å². The van der Waals surface area contributed by atoms with Crippen LogP contribution in [0.3, 0.4) is 0 Å². The van der Waals surface area contributed by atoms with Gasteiger partial charge < -0.3 is 10.6 Å². The van der Waals surface area contributed by atoms with E-state index in [1.807, 2.05) is 32.6 Å². The number of amides is 3. The van der Waals surface area contributed by atoms with Crippen molar-refractivity contribution in [2.45, 2.75) is 57.7 Å². The molecule has 0 aromatic heterocycles. The van der Waals surface area contributed by atoms with Gasteiger partial charge >= 0.3 is 0 Å². The second-order valence-electron chi connectivity index (χ2n) is 8.36. The van der Waals surface area contributed by atoms with E-state index in [1.165, 1.54) is 7.05 Å². The molecule has 0 spiro atoms. The first-order chi connectivity index (χ1) is 11.5. The Morgan fingerprint density at radius 2 is 1.56 bits per heavy atom. The number of benzene rings is 1. The molecule has 3 amide bonds. The summed E-state index contributed by atoms with van der Waals surface area (Å²) in [4.78, 5) is 40.5. The molecule has 134 valence electrons. The number of likely N-dealkylation sites (tertiary alicyclic amines) is 1. The molecule has 0 unspecified atom stereocenters. The zero-order valence-electron chi connectivity index (χ0n) is 15.4. The minimum atomic E-state index is -0.395. The van der Waals surface area contributed by atoms with Gasteiger partial charge in [0.1, 0.15) is 0 Å². The molecule has 0 radical (unpaired) electrons. The Balaban J connectivity index is 2.02. The number of carbonyl (C=O) groups is 3. The van der Waals surface area contributed by atoms with Crippen molar-refractivity contribution in [3.63, 3.8) is 0 Å². The maximum atomic E-state index is 13.3. The minimum absolute atomic E-state index is 0.0434. The zero-order valence-corrected chi connectivity index (χ0v) is 15.4. The quantitative estimate of drug-likeness (QED) is 0.791. The smallest absolute Gasteiger partial charge is 0.261 e. The highest BCUT2D eigenvalue weighted by atomic mass is 16.2. The molecule has 2 aliphatic rings. The SMILES string of the molecule is CN1C(=O)c2ccc(C(=O)N3C(C)(C)CC(N)CC3(C)C)cc2C1=O. The van der Waals surface area contributed by atoms with Gasteiger partial charge in [0.15, 0.2) is 0 Å². The van der Waals surface area contributed by atoms with Crippen LogP contribution in [0.15, 0.2) is 18.2 Å². The number of hydrogen-bond acceptors (Lipinski definition) is 4. The summed E-state index contributed by atoms with van der Waals surface area (Å²) in [6, 6.07) is 4.79. The molecule has 3 rings (SSSR count). The monoisotopic (exact) mass is 343 g/mol. The summed E-state index contributed by atoms with van der Waals surface area (Å²) in [6.45, 7) is 8.06. The van der Waals surface area contributed by atoms with Crippen LogP contribution in [0.25, 0.3) is 0 Å². The minimum Gasteiger partial charge on any atom is -0.328 e. The van der Waals surface area contributed by atoms with Gasteiger partial charge in [-0.2, -0.15) is 0 Å². The number of nitrogens with zero attached hydrogens (tertiary/aromatic N) is 2. The molecule has 6 heteroatoms. The van der Waals surface area contributed by atoms with Gasteiger partial charge in [-0.25, -0.2) is 0 Å². The number of piperidine rings is 1. The van der Waals surface area contributed by atoms with Gasteiger partial charge in [-0.1, -0.05) is 0 Å². The maximum Gasteiger partial charge on any atom is 0.261 e. The Bertz CT molecular complexity index is 764. The van der Waals surface area contributed by atoms with Crippen LogP contribution in [-0.4, -0.2) is 51.7 Å². The number of carbonyl (C=O) groups excluding carboxylic acids is 3. The lowest BCUT2D eigenvalue weighted by Crippen LogP contribution is -2.65. The fourth-order valence-electron chi connectivity index (χ4n) is 4.53. The molecule has 2 heterocycles. The maximum absolute atomic E-state index is 13.3. The Kier molecular flexibility index (Phi) is 3.80. The van der Waals surface area contributed by atoms with E-state index in [0.717, 1.165) is 4.90 Å². The average Bonchev–Trinajstić information content (AvgIpc) is 2.68. The van der Waals surface area contributed by atoms with E-state index >= 15 is 0 Å². The summed E-state index contributed by atoms with van der Waals surface area (Å²) in [5, 5.41) is 0. The van der Waals surface area contributed by atoms with Crippen molar-refractivity contribution < 1.29 is 14.4 Å². The largest absolute Gasteiger partial charge is 0.328 e. The van der Waals surface area contributed by atoms with E-state index in [0.29, 0.717) is 29.5 Å². The topological polar surface area (TPSA) is 83.7 Å². The summed E-state index contributed by atoms with van der Waals surface area (Å²) >= 11 is 0. The van der Waals surface area contributed by atoms with Crippen LogP contribution in [0.2, 0.25) is 0 Å². The lowest BCUT2D eigenvalue weighted by molar-refractivity contribution is -0.0172. The molecule has 1 saturated heterocycles. The van der Waals surface area contributed by atoms with E-state index < -0.39 is 11.1 Å². The highest BCUT2D eigenvalue weighted by Gasteiger charge is 2.47. The molecule has 6 nitrogen and oxygen atoms in total. The first-order valence-corrected chi connectivity index (χ1v) is 8.52. The standard InChI is InChI=1S/C19H25N3O3/c1-18(2)9-12(20)10-19(3,4)22(18)15(23)11-6-7-13-14(8-11)17(25)21(5)16(13)24/h6-8,12H,9-10,20H2,1-5H3. The van der Waals surface area contributed by atoms with Crippen molar-refractivity contribution in [3.05, 3.63) is 34.9 Å². The van der Waals surface area contributed by atoms with Gasteiger partial charge in [0, 0.05) is 29.7 Å². The van der Waals surface area contributed by atoms with Gasteiger partial charge in [-0.3, -0.25) is 19.3 Å². The lowest BCUT2D eigenvalue weighted by Gasteiger charge is -2.54. The zero-order chi connectivity index (χ0) is 18.7. The highest BCUT2D eigenvalue weighted by Crippen LogP contribution is 2.39. The first-order valence-electron chi connectivity index (χ1n) is 8.52. The number of rotatable bonds is 1. The summed E-state index contributed by atoms with van der Waals surface area (Å²) in [5.74, 6) is -0.836. The number of hydrogen-bond donors (Lipinski definition) is 1. The molecule has 2 aliphatic heterocycles. The fraction of sp³-hybridized carbons (Fsp3) is 0.526. The van der Waals surface area contributed by atoms with Gasteiger partial charge in [-0.15, -0.1) is 0 Å². The van der Waals surface area contributed by atoms with Crippen LogP contribution in [-0.2, 0) is 0 Å². The van der Waals surface area contributed by atoms with Crippen molar-refractivity contribution in [2.24, 2.45) is 5.73 Å². The normalized spacial score (nSPS) is 22.3. The highest BCUT2D eigenvalue weighted by molar-refractivity contribution is 6.21. The molecule has 0 atom stereocenters. The van der Waals surface area contributed by atoms with Gasteiger partial charge in [-0.05, 0) is 58.7 Å². The van der Waals surface area contributed by atoms with E-state index in [9.17, 15) is 14.4 Å². The van der Waals surface area contributed by atoms with Crippen molar-refractivity contribution in [3.8, 4) is 0 Å². The third-order valence-corrected chi connectivity index (χ3v) is 5.27. The van der Waals surface area contributed by atoms with E-state index in [1.54, 1.807) is 18.2 Å². The van der Waals surface area contributed by atoms with Gasteiger partial charge in [0.25, 0.3) is 17.7 Å². The predicted octanol–water partition coefficient (Wildman–Crippen LogP) is 2.03. The second-order valence-corrected chi connectivity index (χ2v) is 8.36. The molecule has 0 bridgehead atoms. The summed E-state index contributed by atoms with van der Waals surface area (Å²) in [5.41, 5.74) is 6.46. The van der Waals surface area contributed by atoms with Crippen molar-refractivity contribution in [1.29, 1.82) is 0 Å². The molecular weight excluding hydrogens is 318 g/mol. The van der Waals surface area contributed by atoms with E-state index in [-0.39, 0.29) is 23.8 Å². The molecule has 0 aliphatic carbocycles. The first kappa shape index (κ1) is 17.6. The summed E-state index contributed by atoms with van der Waals surface area (Å²) in [6.07, 6.45) is 1.43. The Labute approximate surface area is 148 Å². The number of nitrogens with two attached hydrogens (primary N) is 1. The Hall–Kier alpha value is -2.21. The number of imide groups is 1. The average molecular weight is 343 g/mol. The van der Waals surface area contributed by atoms with Crippen LogP contribution < -0.4 is 5.73 Å². The van der Waals surface area contributed by atoms with Crippen LogP contribution in [0, 0.1) is 0 Å². The molecule has 1 fully saturated rings. The van der Waals surface area contributed by atoms with Crippen molar-refractivity contribution in [1.82, 2.24) is 9.80 Å². The summed E-state index contributed by atoms with van der Waals surface area (Å²) < 4.78 is 0.